The van der Waals surface area contributed by atoms with E-state index >= 15 is 0 Å². The molecule has 0 fully saturated rings. The van der Waals surface area contributed by atoms with Crippen LogP contribution in [-0.4, -0.2) is 36.9 Å². The number of fused-ring (bicyclic) bond motifs is 1. The first-order chi connectivity index (χ1) is 12.3. The smallest absolute Gasteiger partial charge is 0.318 e. The van der Waals surface area contributed by atoms with Crippen molar-refractivity contribution in [2.75, 3.05) is 0 Å². The number of imide groups is 1. The predicted molar refractivity (Wildman–Crippen MR) is 97.5 cm³/mol. The number of thioether (sulfide) groups is 1. The van der Waals surface area contributed by atoms with Crippen molar-refractivity contribution in [2.45, 2.75) is 17.3 Å². The molecule has 3 amide bonds. The maximum Gasteiger partial charge on any atom is 0.318 e. The number of nitrogens with one attached hydrogen (secondary N) is 2. The molecule has 0 saturated heterocycles. The number of rotatable bonds is 4. The van der Waals surface area contributed by atoms with E-state index < -0.39 is 22.7 Å². The van der Waals surface area contributed by atoms with E-state index in [4.69, 9.17) is 17.3 Å². The number of primary amides is 1. The Bertz CT molecular complexity index is 1060. The molecular formula is C15H13ClN6O3S. The molecule has 0 unspecified atom stereocenters. The number of nitrogens with zero attached hydrogens (tertiary/aromatic N) is 3. The molecule has 0 aliphatic heterocycles. The lowest BCUT2D eigenvalue weighted by atomic mass is 10.3. The number of hydrogen-bond acceptors (Lipinski definition) is 6. The van der Waals surface area contributed by atoms with E-state index in [-0.39, 0.29) is 5.16 Å². The Labute approximate surface area is 155 Å². The van der Waals surface area contributed by atoms with Crippen LogP contribution in [0.25, 0.3) is 16.7 Å². The van der Waals surface area contributed by atoms with Crippen molar-refractivity contribution in [1.29, 1.82) is 0 Å². The van der Waals surface area contributed by atoms with Crippen LogP contribution in [0.15, 0.2) is 40.4 Å². The monoisotopic (exact) mass is 392 g/mol. The lowest BCUT2D eigenvalue weighted by molar-refractivity contribution is -0.119. The highest BCUT2D eigenvalue weighted by Crippen LogP contribution is 2.22. The van der Waals surface area contributed by atoms with Gasteiger partial charge in [0.15, 0.2) is 10.8 Å². The summed E-state index contributed by atoms with van der Waals surface area (Å²) in [5, 5.41) is 6.48. The normalized spacial score (nSPS) is 12.1. The Morgan fingerprint density at radius 1 is 1.42 bits per heavy atom. The minimum atomic E-state index is -0.946. The number of aromatic nitrogens is 4. The summed E-state index contributed by atoms with van der Waals surface area (Å²) in [6.45, 7) is 1.56. The fraction of sp³-hybridized carbons (Fsp3) is 0.133. The summed E-state index contributed by atoms with van der Waals surface area (Å²) in [5.41, 5.74) is 5.49. The first-order valence-corrected chi connectivity index (χ1v) is 8.62. The Hall–Kier alpha value is -2.85. The summed E-state index contributed by atoms with van der Waals surface area (Å²) < 4.78 is 1.48. The number of nitrogens with two attached hydrogens (primary N) is 1. The second-order valence-corrected chi connectivity index (χ2v) is 7.02. The van der Waals surface area contributed by atoms with Gasteiger partial charge in [0.05, 0.1) is 17.1 Å². The molecule has 3 rings (SSSR count). The zero-order valence-corrected chi connectivity index (χ0v) is 15.0. The van der Waals surface area contributed by atoms with E-state index in [0.717, 1.165) is 11.8 Å². The largest absolute Gasteiger partial charge is 0.351 e. The Morgan fingerprint density at radius 3 is 2.88 bits per heavy atom. The number of aromatic amines is 1. The SMILES string of the molecule is C[C@@H](Sc1nc2c(cnn2-c2cccc(Cl)c2)c(=O)[nH]1)C(=O)NC(N)=O. The molecule has 2 aromatic heterocycles. The first kappa shape index (κ1) is 18.0. The van der Waals surface area contributed by atoms with Gasteiger partial charge in [-0.1, -0.05) is 29.4 Å². The van der Waals surface area contributed by atoms with Gasteiger partial charge in [-0.3, -0.25) is 14.9 Å². The zero-order valence-electron chi connectivity index (χ0n) is 13.4. The molecule has 11 heteroatoms. The van der Waals surface area contributed by atoms with E-state index in [1.807, 2.05) is 5.32 Å². The van der Waals surface area contributed by atoms with Crippen LogP contribution in [0.1, 0.15) is 6.92 Å². The molecule has 1 aromatic carbocycles. The van der Waals surface area contributed by atoms with Gasteiger partial charge < -0.3 is 10.7 Å². The van der Waals surface area contributed by atoms with Crippen LogP contribution in [0.5, 0.6) is 0 Å². The van der Waals surface area contributed by atoms with E-state index in [0.29, 0.717) is 21.7 Å². The second kappa shape index (κ2) is 7.18. The minimum Gasteiger partial charge on any atom is -0.351 e. The fourth-order valence-corrected chi connectivity index (χ4v) is 3.17. The van der Waals surface area contributed by atoms with Crippen molar-refractivity contribution in [1.82, 2.24) is 25.1 Å². The number of halogens is 1. The highest BCUT2D eigenvalue weighted by molar-refractivity contribution is 8.00. The van der Waals surface area contributed by atoms with Gasteiger partial charge >= 0.3 is 6.03 Å². The molecule has 134 valence electrons. The van der Waals surface area contributed by atoms with Crippen molar-refractivity contribution >= 4 is 46.3 Å². The quantitative estimate of drug-likeness (QED) is 0.454. The molecule has 9 nitrogen and oxygen atoms in total. The minimum absolute atomic E-state index is 0.207. The third kappa shape index (κ3) is 3.70. The highest BCUT2D eigenvalue weighted by atomic mass is 35.5. The van der Waals surface area contributed by atoms with Gasteiger partial charge in [-0.05, 0) is 25.1 Å². The van der Waals surface area contributed by atoms with Crippen LogP contribution in [0.3, 0.4) is 0 Å². The zero-order chi connectivity index (χ0) is 18.8. The Morgan fingerprint density at radius 2 is 2.19 bits per heavy atom. The molecule has 26 heavy (non-hydrogen) atoms. The molecule has 0 aliphatic rings. The molecule has 4 N–H and O–H groups in total. The molecule has 0 bridgehead atoms. The van der Waals surface area contributed by atoms with Gasteiger partial charge in [0.2, 0.25) is 5.91 Å². The van der Waals surface area contributed by atoms with Gasteiger partial charge in [0, 0.05) is 5.02 Å². The van der Waals surface area contributed by atoms with Crippen LogP contribution < -0.4 is 16.6 Å². The summed E-state index contributed by atoms with van der Waals surface area (Å²) in [6.07, 6.45) is 1.40. The molecule has 1 atom stereocenters. The lowest BCUT2D eigenvalue weighted by Gasteiger charge is -2.09. The van der Waals surface area contributed by atoms with E-state index in [1.165, 1.54) is 10.9 Å². The van der Waals surface area contributed by atoms with Crippen molar-refractivity contribution in [3.05, 3.63) is 45.8 Å². The maximum atomic E-state index is 12.3. The highest BCUT2D eigenvalue weighted by Gasteiger charge is 2.19. The van der Waals surface area contributed by atoms with Crippen molar-refractivity contribution in [2.24, 2.45) is 5.73 Å². The molecule has 2 heterocycles. The van der Waals surface area contributed by atoms with Crippen LogP contribution >= 0.6 is 23.4 Å². The van der Waals surface area contributed by atoms with Crippen LogP contribution in [0.2, 0.25) is 5.02 Å². The van der Waals surface area contributed by atoms with Crippen molar-refractivity contribution in [3.8, 4) is 5.69 Å². The lowest BCUT2D eigenvalue weighted by Crippen LogP contribution is -2.39. The molecule has 0 radical (unpaired) electrons. The standard InChI is InChI=1S/C15H13ClN6O3S/c1-7(12(23)20-14(17)25)26-15-19-11-10(13(24)21-15)6-18-22(11)9-4-2-3-8(16)5-9/h2-7H,1H3,(H,19,21,24)(H3,17,20,23,25)/t7-/m1/s1. The Balaban J connectivity index is 1.99. The molecule has 0 saturated carbocycles. The second-order valence-electron chi connectivity index (χ2n) is 5.26. The summed E-state index contributed by atoms with van der Waals surface area (Å²) >= 11 is 6.98. The number of amides is 3. The fourth-order valence-electron chi connectivity index (χ4n) is 2.19. The van der Waals surface area contributed by atoms with E-state index in [9.17, 15) is 14.4 Å². The third-order valence-electron chi connectivity index (χ3n) is 3.37. The van der Waals surface area contributed by atoms with E-state index in [2.05, 4.69) is 15.1 Å². The van der Waals surface area contributed by atoms with Gasteiger partial charge in [0.1, 0.15) is 5.39 Å². The number of urea groups is 1. The van der Waals surface area contributed by atoms with Crippen LogP contribution in [0, 0.1) is 0 Å². The third-order valence-corrected chi connectivity index (χ3v) is 4.59. The summed E-state index contributed by atoms with van der Waals surface area (Å²) in [7, 11) is 0. The van der Waals surface area contributed by atoms with E-state index in [1.54, 1.807) is 31.2 Å². The maximum absolute atomic E-state index is 12.3. The number of carbonyl (C=O) groups is 2. The molecule has 3 aromatic rings. The number of H-pyrrole nitrogens is 1. The Kier molecular flexibility index (Phi) is 4.96. The first-order valence-electron chi connectivity index (χ1n) is 7.36. The van der Waals surface area contributed by atoms with Gasteiger partial charge in [0.25, 0.3) is 5.56 Å². The molecule has 0 aliphatic carbocycles. The van der Waals surface area contributed by atoms with Crippen LogP contribution in [0.4, 0.5) is 4.79 Å². The topological polar surface area (TPSA) is 136 Å². The summed E-state index contributed by atoms with van der Waals surface area (Å²) in [4.78, 5) is 41.8. The number of hydrogen-bond donors (Lipinski definition) is 3. The summed E-state index contributed by atoms with van der Waals surface area (Å²) in [6, 6.07) is 5.99. The van der Waals surface area contributed by atoms with Crippen molar-refractivity contribution in [3.63, 3.8) is 0 Å². The molecular weight excluding hydrogens is 380 g/mol. The average molecular weight is 393 g/mol. The summed E-state index contributed by atoms with van der Waals surface area (Å²) in [5.74, 6) is -0.589. The predicted octanol–water partition coefficient (Wildman–Crippen LogP) is 1.44. The van der Waals surface area contributed by atoms with Gasteiger partial charge in [-0.25, -0.2) is 14.5 Å². The molecule has 0 spiro atoms. The number of carbonyl (C=O) groups excluding carboxylic acids is 2. The van der Waals surface area contributed by atoms with Gasteiger partial charge in [-0.2, -0.15) is 5.10 Å². The van der Waals surface area contributed by atoms with Gasteiger partial charge in [-0.15, -0.1) is 0 Å². The van der Waals surface area contributed by atoms with Crippen molar-refractivity contribution < 1.29 is 9.59 Å². The number of benzene rings is 1. The van der Waals surface area contributed by atoms with Crippen LogP contribution in [-0.2, 0) is 4.79 Å². The average Bonchev–Trinajstić information content (AvgIpc) is 2.98.